The third kappa shape index (κ3) is 8.32. The van der Waals surface area contributed by atoms with Crippen molar-refractivity contribution in [1.82, 2.24) is 0 Å². The normalized spacial score (nSPS) is 49.0. The standard InChI is InChI=1S/C19H28O6.C15H20O4.C14H18O3/c1-11(2)17(21)25-16-8-19(6-5-13(16)20)9-22-18(23-10-19)12-3-4-14-15(7-12)24-14;1-7(2)15(16)18-6-17-11-4-8-3-10(11)13-9(8)5-12-14(13)19-12;1-6(2)14(15)17-10-4-7-3-9(10)12-8(7)5-11-13(12)16-11/h12-16,18,20H,1,3-10H2,2H3;8-14H,1,3-6H2,2H3;7-13H,1,3-5H2,2H3. The summed E-state index contributed by atoms with van der Waals surface area (Å²) in [4.78, 5) is 34.7. The van der Waals surface area contributed by atoms with E-state index in [4.69, 9.17) is 42.6 Å². The largest absolute Gasteiger partial charge is 0.459 e. The number of esters is 3. The predicted molar refractivity (Wildman–Crippen MR) is 217 cm³/mol. The third-order valence-electron chi connectivity index (χ3n) is 17.0. The van der Waals surface area contributed by atoms with Gasteiger partial charge in [-0.2, -0.15) is 0 Å². The van der Waals surface area contributed by atoms with Crippen LogP contribution in [0.4, 0.5) is 0 Å². The molecule has 8 aliphatic carbocycles. The maximum absolute atomic E-state index is 11.8. The van der Waals surface area contributed by atoms with Crippen molar-refractivity contribution >= 4 is 17.9 Å². The van der Waals surface area contributed by atoms with Crippen molar-refractivity contribution in [2.45, 2.75) is 165 Å². The van der Waals surface area contributed by atoms with E-state index in [0.717, 1.165) is 62.2 Å². The molecule has 12 fully saturated rings. The van der Waals surface area contributed by atoms with Gasteiger partial charge in [-0.1, -0.05) is 19.7 Å². The van der Waals surface area contributed by atoms with E-state index in [0.29, 0.717) is 109 Å². The minimum atomic E-state index is -0.631. The lowest BCUT2D eigenvalue weighted by Gasteiger charge is -2.47. The van der Waals surface area contributed by atoms with Crippen LogP contribution in [0.25, 0.3) is 0 Å². The molecule has 13 heteroatoms. The number of hydrogen-bond donors (Lipinski definition) is 1. The van der Waals surface area contributed by atoms with Crippen molar-refractivity contribution in [1.29, 1.82) is 0 Å². The molecular weight excluding hydrogens is 785 g/mol. The summed E-state index contributed by atoms with van der Waals surface area (Å²) in [7, 11) is 0. The van der Waals surface area contributed by atoms with Crippen LogP contribution >= 0.6 is 0 Å². The molecule has 1 spiro atoms. The first-order valence-corrected chi connectivity index (χ1v) is 23.3. The van der Waals surface area contributed by atoms with Crippen molar-refractivity contribution < 1.29 is 62.1 Å². The molecule has 12 aliphatic rings. The molecule has 0 aromatic rings. The number of aliphatic hydroxyl groups excluding tert-OH is 1. The summed E-state index contributed by atoms with van der Waals surface area (Å²) < 4.78 is 51.0. The number of carbonyl (C=O) groups is 3. The highest BCUT2D eigenvalue weighted by Crippen LogP contribution is 2.66. The second kappa shape index (κ2) is 16.4. The smallest absolute Gasteiger partial charge is 0.335 e. The molecule has 1 N–H and O–H groups in total. The summed E-state index contributed by atoms with van der Waals surface area (Å²) in [5.41, 5.74) is 1.10. The van der Waals surface area contributed by atoms with Crippen molar-refractivity contribution in [2.75, 3.05) is 20.0 Å². The highest BCUT2D eigenvalue weighted by molar-refractivity contribution is 5.87. The number of hydrogen-bond acceptors (Lipinski definition) is 13. The molecule has 19 atom stereocenters. The van der Waals surface area contributed by atoms with Crippen LogP contribution in [0.15, 0.2) is 36.5 Å². The Balaban J connectivity index is 0.000000112. The highest BCUT2D eigenvalue weighted by atomic mass is 16.7. The van der Waals surface area contributed by atoms with Gasteiger partial charge in [0.25, 0.3) is 0 Å². The quantitative estimate of drug-likeness (QED) is 0.0981. The van der Waals surface area contributed by atoms with Gasteiger partial charge in [0.1, 0.15) is 12.2 Å². The fourth-order valence-corrected chi connectivity index (χ4v) is 13.8. The lowest BCUT2D eigenvalue weighted by molar-refractivity contribution is -0.267. The Hall–Kier alpha value is -2.65. The first-order valence-electron chi connectivity index (χ1n) is 23.3. The summed E-state index contributed by atoms with van der Waals surface area (Å²) in [6.07, 6.45) is 14.6. The Morgan fingerprint density at radius 2 is 1.18 bits per heavy atom. The van der Waals surface area contributed by atoms with Crippen LogP contribution in [0.2, 0.25) is 0 Å². The van der Waals surface area contributed by atoms with Crippen LogP contribution in [0.5, 0.6) is 0 Å². The van der Waals surface area contributed by atoms with Gasteiger partial charge in [-0.15, -0.1) is 0 Å². The van der Waals surface area contributed by atoms with Crippen molar-refractivity contribution in [3.05, 3.63) is 36.5 Å². The Labute approximate surface area is 359 Å². The molecule has 0 aromatic heterocycles. The van der Waals surface area contributed by atoms with Gasteiger partial charge in [-0.3, -0.25) is 0 Å². The van der Waals surface area contributed by atoms with Crippen LogP contribution in [0, 0.1) is 58.7 Å². The number of fused-ring (bicyclic) bond motifs is 15. The Kier molecular flexibility index (Phi) is 11.4. The maximum atomic E-state index is 11.8. The van der Waals surface area contributed by atoms with Crippen molar-refractivity contribution in [3.8, 4) is 0 Å². The first kappa shape index (κ1) is 42.3. The fourth-order valence-electron chi connectivity index (χ4n) is 13.8. The average molecular weight is 851 g/mol. The van der Waals surface area contributed by atoms with Crippen molar-refractivity contribution in [2.24, 2.45) is 58.7 Å². The molecule has 0 radical (unpaired) electrons. The third-order valence-corrected chi connectivity index (χ3v) is 17.0. The molecule has 61 heavy (non-hydrogen) atoms. The van der Waals surface area contributed by atoms with Gasteiger partial charge in [-0.25, -0.2) is 14.4 Å². The molecule has 8 saturated carbocycles. The molecule has 12 rings (SSSR count). The Morgan fingerprint density at radius 3 is 1.77 bits per heavy atom. The summed E-state index contributed by atoms with van der Waals surface area (Å²) in [6, 6.07) is 0. The van der Waals surface area contributed by atoms with Crippen LogP contribution in [-0.4, -0.2) is 110 Å². The second-order valence-corrected chi connectivity index (χ2v) is 21.1. The minimum Gasteiger partial charge on any atom is -0.459 e. The van der Waals surface area contributed by atoms with Gasteiger partial charge in [0.05, 0.1) is 62.0 Å². The van der Waals surface area contributed by atoms with E-state index < -0.39 is 18.2 Å². The second-order valence-electron chi connectivity index (χ2n) is 21.1. The monoisotopic (exact) mass is 850 g/mol. The zero-order chi connectivity index (χ0) is 42.5. The molecule has 4 heterocycles. The van der Waals surface area contributed by atoms with E-state index in [1.807, 2.05) is 0 Å². The average Bonchev–Trinajstić information content (AvgIpc) is 4.10. The van der Waals surface area contributed by atoms with Crippen molar-refractivity contribution in [3.63, 3.8) is 0 Å². The van der Waals surface area contributed by atoms with Crippen LogP contribution in [-0.2, 0) is 57.0 Å². The lowest BCUT2D eigenvalue weighted by Crippen LogP contribution is -2.51. The molecule has 0 aromatic carbocycles. The Bertz CT molecular complexity index is 1770. The number of carbonyl (C=O) groups excluding carboxylic acids is 3. The van der Waals surface area contributed by atoms with Crippen LogP contribution in [0.3, 0.4) is 0 Å². The SMILES string of the molecule is C=C(C)C(=O)OC1CC2(CCC1O)COC(C1CCC3OC3C1)OC2.C=C(C)C(=O)OC1CC2CC1C1C2CC2OC21.C=C(C)C(=O)OCOC1CC2CC1C1C2CC2OC21. The lowest BCUT2D eigenvalue weighted by atomic mass is 9.72. The van der Waals surface area contributed by atoms with Gasteiger partial charge in [0, 0.05) is 34.0 Å². The van der Waals surface area contributed by atoms with E-state index >= 15 is 0 Å². The van der Waals surface area contributed by atoms with E-state index in [2.05, 4.69) is 19.7 Å². The van der Waals surface area contributed by atoms with E-state index in [1.165, 1.54) is 25.7 Å². The number of rotatable bonds is 9. The molecular formula is C48H66O13. The minimum absolute atomic E-state index is 0.0614. The van der Waals surface area contributed by atoms with E-state index in [-0.39, 0.29) is 42.6 Å². The predicted octanol–water partition coefficient (Wildman–Crippen LogP) is 5.76. The van der Waals surface area contributed by atoms with E-state index in [9.17, 15) is 19.5 Å². The zero-order valence-electron chi connectivity index (χ0n) is 36.1. The first-order chi connectivity index (χ1) is 29.3. The van der Waals surface area contributed by atoms with Gasteiger partial charge >= 0.3 is 17.9 Å². The van der Waals surface area contributed by atoms with E-state index in [1.54, 1.807) is 20.8 Å². The van der Waals surface area contributed by atoms with Crippen LogP contribution in [0.1, 0.15) is 97.8 Å². The molecule has 19 unspecified atom stereocenters. The molecule has 4 saturated heterocycles. The maximum Gasteiger partial charge on any atom is 0.335 e. The summed E-state index contributed by atoms with van der Waals surface area (Å²) in [6.45, 7) is 17.0. The van der Waals surface area contributed by atoms with Gasteiger partial charge in [0.2, 0.25) is 0 Å². The summed E-state index contributed by atoms with van der Waals surface area (Å²) >= 11 is 0. The number of aliphatic hydroxyl groups is 1. The summed E-state index contributed by atoms with van der Waals surface area (Å²) in [5, 5.41) is 10.2. The summed E-state index contributed by atoms with van der Waals surface area (Å²) in [5.74, 6) is 5.30. The molecule has 4 bridgehead atoms. The number of epoxide rings is 3. The molecule has 0 amide bonds. The fraction of sp³-hybridized carbons (Fsp3) is 0.812. The molecule has 336 valence electrons. The van der Waals surface area contributed by atoms with Crippen LogP contribution < -0.4 is 0 Å². The molecule has 13 nitrogen and oxygen atoms in total. The Morgan fingerprint density at radius 1 is 0.607 bits per heavy atom. The van der Waals surface area contributed by atoms with Gasteiger partial charge in [-0.05, 0) is 139 Å². The molecule has 4 aliphatic heterocycles. The van der Waals surface area contributed by atoms with Gasteiger partial charge < -0.3 is 47.7 Å². The highest BCUT2D eigenvalue weighted by Gasteiger charge is 2.68. The van der Waals surface area contributed by atoms with Gasteiger partial charge in [0.15, 0.2) is 13.1 Å². The topological polar surface area (TPSA) is 164 Å². The number of ether oxygens (including phenoxy) is 9. The zero-order valence-corrected chi connectivity index (χ0v) is 36.1.